The Kier molecular flexibility index (Phi) is 4.44. The summed E-state index contributed by atoms with van der Waals surface area (Å²) in [6.45, 7) is 5.32. The molecule has 0 aliphatic rings. The van der Waals surface area contributed by atoms with Crippen molar-refractivity contribution in [2.75, 3.05) is 0 Å². The molecule has 0 aromatic heterocycles. The maximum absolute atomic E-state index is 10.8. The highest BCUT2D eigenvalue weighted by Crippen LogP contribution is 2.14. The largest absolute Gasteiger partial charge is 0.508 e. The number of phenols is 1. The first-order valence-corrected chi connectivity index (χ1v) is 3.70. The zero-order chi connectivity index (χ0) is 10.4. The molecule has 0 fully saturated rings. The number of benzene rings is 1. The van der Waals surface area contributed by atoms with Crippen molar-refractivity contribution < 1.29 is 14.7 Å². The van der Waals surface area contributed by atoms with Gasteiger partial charge < -0.3 is 9.90 Å². The molecule has 1 aromatic rings. The van der Waals surface area contributed by atoms with Crippen LogP contribution in [0.25, 0.3) is 0 Å². The topological polar surface area (TPSA) is 54.4 Å². The van der Waals surface area contributed by atoms with Gasteiger partial charge in [0, 0.05) is 5.56 Å². The quantitative estimate of drug-likeness (QED) is 0.669. The molecule has 3 heteroatoms. The SMILES string of the molecule is C=O.CC(=O)c1cc(C)cc(O)c1. The van der Waals surface area contributed by atoms with Crippen molar-refractivity contribution in [2.24, 2.45) is 0 Å². The maximum atomic E-state index is 10.8. The van der Waals surface area contributed by atoms with Crippen molar-refractivity contribution in [3.63, 3.8) is 0 Å². The van der Waals surface area contributed by atoms with Crippen molar-refractivity contribution in [3.05, 3.63) is 29.3 Å². The fraction of sp³-hybridized carbons (Fsp3) is 0.200. The van der Waals surface area contributed by atoms with Gasteiger partial charge in [-0.05, 0) is 37.6 Å². The summed E-state index contributed by atoms with van der Waals surface area (Å²) in [4.78, 5) is 18.8. The lowest BCUT2D eigenvalue weighted by Crippen LogP contribution is -1.91. The lowest BCUT2D eigenvalue weighted by Gasteiger charge is -1.98. The number of aryl methyl sites for hydroxylation is 1. The second kappa shape index (κ2) is 5.09. The standard InChI is InChI=1S/C9H10O2.CH2O/c1-6-3-8(7(2)10)5-9(11)4-6;1-2/h3-5,11H,1-2H3;1H2. The van der Waals surface area contributed by atoms with Crippen molar-refractivity contribution in [3.8, 4) is 5.75 Å². The van der Waals surface area contributed by atoms with E-state index in [1.807, 2.05) is 13.7 Å². The van der Waals surface area contributed by atoms with Gasteiger partial charge in [0.1, 0.15) is 12.5 Å². The van der Waals surface area contributed by atoms with Gasteiger partial charge in [0.15, 0.2) is 5.78 Å². The Balaban J connectivity index is 0.000000671. The Morgan fingerprint density at radius 3 is 2.23 bits per heavy atom. The van der Waals surface area contributed by atoms with Gasteiger partial charge in [-0.3, -0.25) is 4.79 Å². The minimum Gasteiger partial charge on any atom is -0.508 e. The summed E-state index contributed by atoms with van der Waals surface area (Å²) in [5.74, 6) is 0.124. The lowest BCUT2D eigenvalue weighted by atomic mass is 10.1. The van der Waals surface area contributed by atoms with Gasteiger partial charge in [0.25, 0.3) is 0 Å². The minimum atomic E-state index is -0.0241. The van der Waals surface area contributed by atoms with Crippen molar-refractivity contribution in [2.45, 2.75) is 13.8 Å². The van der Waals surface area contributed by atoms with Crippen LogP contribution in [-0.2, 0) is 4.79 Å². The molecular formula is C10H12O3. The van der Waals surface area contributed by atoms with Gasteiger partial charge >= 0.3 is 0 Å². The second-order valence-electron chi connectivity index (χ2n) is 2.61. The number of rotatable bonds is 1. The monoisotopic (exact) mass is 180 g/mol. The summed E-state index contributed by atoms with van der Waals surface area (Å²) in [6.07, 6.45) is 0. The Labute approximate surface area is 77.0 Å². The predicted molar refractivity (Wildman–Crippen MR) is 50.0 cm³/mol. The van der Waals surface area contributed by atoms with Crippen LogP contribution in [0.3, 0.4) is 0 Å². The van der Waals surface area contributed by atoms with E-state index in [1.54, 1.807) is 12.1 Å². The third-order valence-corrected chi connectivity index (χ3v) is 1.47. The van der Waals surface area contributed by atoms with E-state index in [4.69, 9.17) is 9.90 Å². The number of carbonyl (C=O) groups excluding carboxylic acids is 2. The number of aromatic hydroxyl groups is 1. The maximum Gasteiger partial charge on any atom is 0.159 e. The molecule has 0 amide bonds. The molecule has 0 saturated heterocycles. The van der Waals surface area contributed by atoms with E-state index in [1.165, 1.54) is 13.0 Å². The molecule has 1 rings (SSSR count). The summed E-state index contributed by atoms with van der Waals surface area (Å²) in [6, 6.07) is 4.84. The van der Waals surface area contributed by atoms with Gasteiger partial charge in [0.05, 0.1) is 0 Å². The van der Waals surface area contributed by atoms with E-state index in [2.05, 4.69) is 0 Å². The molecule has 0 saturated carbocycles. The average molecular weight is 180 g/mol. The summed E-state index contributed by atoms with van der Waals surface area (Å²) < 4.78 is 0. The highest BCUT2D eigenvalue weighted by Gasteiger charge is 2.00. The van der Waals surface area contributed by atoms with E-state index in [0.717, 1.165) is 5.56 Å². The second-order valence-corrected chi connectivity index (χ2v) is 2.61. The third kappa shape index (κ3) is 3.51. The minimum absolute atomic E-state index is 0.0241. The van der Waals surface area contributed by atoms with E-state index < -0.39 is 0 Å². The van der Waals surface area contributed by atoms with Crippen LogP contribution >= 0.6 is 0 Å². The zero-order valence-corrected chi connectivity index (χ0v) is 7.70. The van der Waals surface area contributed by atoms with Crippen molar-refractivity contribution in [1.29, 1.82) is 0 Å². The molecule has 70 valence electrons. The normalized spacial score (nSPS) is 8.46. The van der Waals surface area contributed by atoms with Crippen LogP contribution in [-0.4, -0.2) is 17.7 Å². The predicted octanol–water partition coefficient (Wildman–Crippen LogP) is 1.72. The van der Waals surface area contributed by atoms with Gasteiger partial charge in [-0.15, -0.1) is 0 Å². The molecule has 3 nitrogen and oxygen atoms in total. The zero-order valence-electron chi connectivity index (χ0n) is 7.70. The molecule has 0 aliphatic heterocycles. The van der Waals surface area contributed by atoms with Crippen LogP contribution in [0.2, 0.25) is 0 Å². The Bertz CT molecular complexity index is 285. The molecule has 0 bridgehead atoms. The number of phenolic OH excluding ortho intramolecular Hbond substituents is 1. The fourth-order valence-electron chi connectivity index (χ4n) is 0.966. The van der Waals surface area contributed by atoms with E-state index in [9.17, 15) is 4.79 Å². The van der Waals surface area contributed by atoms with E-state index in [-0.39, 0.29) is 11.5 Å². The molecule has 0 unspecified atom stereocenters. The number of hydrogen-bond donors (Lipinski definition) is 1. The first kappa shape index (κ1) is 11.4. The van der Waals surface area contributed by atoms with E-state index in [0.29, 0.717) is 5.56 Å². The van der Waals surface area contributed by atoms with Crippen LogP contribution in [0.4, 0.5) is 0 Å². The molecule has 13 heavy (non-hydrogen) atoms. The molecule has 1 N–H and O–H groups in total. The van der Waals surface area contributed by atoms with Gasteiger partial charge in [-0.2, -0.15) is 0 Å². The van der Waals surface area contributed by atoms with E-state index >= 15 is 0 Å². The highest BCUT2D eigenvalue weighted by molar-refractivity contribution is 5.94. The lowest BCUT2D eigenvalue weighted by molar-refractivity contribution is -0.0979. The van der Waals surface area contributed by atoms with Crippen LogP contribution in [0.5, 0.6) is 5.75 Å². The summed E-state index contributed by atoms with van der Waals surface area (Å²) in [5, 5.41) is 9.09. The van der Waals surface area contributed by atoms with Crippen LogP contribution in [0.15, 0.2) is 18.2 Å². The summed E-state index contributed by atoms with van der Waals surface area (Å²) >= 11 is 0. The smallest absolute Gasteiger partial charge is 0.159 e. The molecule has 0 heterocycles. The first-order valence-electron chi connectivity index (χ1n) is 3.70. The molecule has 0 atom stereocenters. The summed E-state index contributed by atoms with van der Waals surface area (Å²) in [5.41, 5.74) is 1.46. The first-order chi connectivity index (χ1) is 6.09. The molecular weight excluding hydrogens is 168 g/mol. The molecule has 1 aromatic carbocycles. The van der Waals surface area contributed by atoms with Crippen LogP contribution in [0, 0.1) is 6.92 Å². The van der Waals surface area contributed by atoms with Gasteiger partial charge in [0.2, 0.25) is 0 Å². The van der Waals surface area contributed by atoms with Crippen LogP contribution in [0.1, 0.15) is 22.8 Å². The highest BCUT2D eigenvalue weighted by atomic mass is 16.3. The number of Topliss-reactive ketones (excluding diaryl/α,β-unsaturated/α-hetero) is 1. The Morgan fingerprint density at radius 1 is 1.31 bits per heavy atom. The average Bonchev–Trinajstić information content (AvgIpc) is 2.06. The van der Waals surface area contributed by atoms with Crippen molar-refractivity contribution >= 4 is 12.6 Å². The van der Waals surface area contributed by atoms with Gasteiger partial charge in [-0.1, -0.05) is 0 Å². The Morgan fingerprint density at radius 2 is 1.85 bits per heavy atom. The number of ketones is 1. The number of carbonyl (C=O) groups is 2. The fourth-order valence-corrected chi connectivity index (χ4v) is 0.966. The molecule has 0 aliphatic carbocycles. The number of hydrogen-bond acceptors (Lipinski definition) is 3. The summed E-state index contributed by atoms with van der Waals surface area (Å²) in [7, 11) is 0. The molecule has 0 radical (unpaired) electrons. The third-order valence-electron chi connectivity index (χ3n) is 1.47. The molecule has 0 spiro atoms. The van der Waals surface area contributed by atoms with Crippen molar-refractivity contribution in [1.82, 2.24) is 0 Å². The Hall–Kier alpha value is -1.64. The van der Waals surface area contributed by atoms with Gasteiger partial charge in [-0.25, -0.2) is 0 Å². The van der Waals surface area contributed by atoms with Crippen LogP contribution < -0.4 is 0 Å².